The van der Waals surface area contributed by atoms with Crippen molar-refractivity contribution < 1.29 is 14.5 Å². The van der Waals surface area contributed by atoms with Crippen molar-refractivity contribution in [2.45, 2.75) is 19.4 Å². The number of para-hydroxylation sites is 1. The van der Waals surface area contributed by atoms with Crippen molar-refractivity contribution in [3.05, 3.63) is 52.6 Å². The van der Waals surface area contributed by atoms with Crippen LogP contribution in [-0.2, 0) is 9.53 Å². The van der Waals surface area contributed by atoms with E-state index in [4.69, 9.17) is 4.74 Å². The Balaban J connectivity index is 2.88. The average Bonchev–Trinajstić information content (AvgIpc) is 2.29. The highest BCUT2D eigenvalue weighted by atomic mass is 16.6. The number of carbonyl (C=O) groups excluding carboxylic acids is 1. The van der Waals surface area contributed by atoms with Crippen LogP contribution in [0.4, 0.5) is 5.69 Å². The van der Waals surface area contributed by atoms with Crippen LogP contribution in [0.5, 0.6) is 0 Å². The summed E-state index contributed by atoms with van der Waals surface area (Å²) in [5, 5.41) is 10.8. The Morgan fingerprint density at radius 3 is 2.82 bits per heavy atom. The van der Waals surface area contributed by atoms with Gasteiger partial charge in [0.25, 0.3) is 5.69 Å². The molecule has 1 aromatic carbocycles. The van der Waals surface area contributed by atoms with Crippen LogP contribution in [0.25, 0.3) is 0 Å². The van der Waals surface area contributed by atoms with E-state index in [1.165, 1.54) is 12.1 Å². The molecule has 1 unspecified atom stereocenters. The molecule has 1 aromatic rings. The van der Waals surface area contributed by atoms with E-state index in [0.29, 0.717) is 5.56 Å². The van der Waals surface area contributed by atoms with Crippen LogP contribution in [0, 0.1) is 10.1 Å². The topological polar surface area (TPSA) is 69.4 Å². The zero-order chi connectivity index (χ0) is 12.8. The summed E-state index contributed by atoms with van der Waals surface area (Å²) in [6.45, 7) is 5.02. The third-order valence-corrected chi connectivity index (χ3v) is 2.19. The lowest BCUT2D eigenvalue weighted by molar-refractivity contribution is -0.386. The van der Waals surface area contributed by atoms with E-state index in [-0.39, 0.29) is 12.1 Å². The number of nitro benzene ring substituents is 1. The number of hydrogen-bond acceptors (Lipinski definition) is 4. The number of esters is 1. The van der Waals surface area contributed by atoms with Gasteiger partial charge in [-0.15, -0.1) is 6.58 Å². The Morgan fingerprint density at radius 1 is 1.59 bits per heavy atom. The molecule has 0 spiro atoms. The molecule has 0 saturated heterocycles. The van der Waals surface area contributed by atoms with E-state index in [1.807, 2.05) is 0 Å². The van der Waals surface area contributed by atoms with Gasteiger partial charge in [0.05, 0.1) is 16.9 Å². The van der Waals surface area contributed by atoms with Crippen molar-refractivity contribution in [3.8, 4) is 0 Å². The lowest BCUT2D eigenvalue weighted by Crippen LogP contribution is -2.09. The van der Waals surface area contributed by atoms with Crippen molar-refractivity contribution in [3.63, 3.8) is 0 Å². The summed E-state index contributed by atoms with van der Waals surface area (Å²) in [5.74, 6) is -0.453. The monoisotopic (exact) mass is 235 g/mol. The van der Waals surface area contributed by atoms with E-state index in [1.54, 1.807) is 25.1 Å². The smallest absolute Gasteiger partial charge is 0.310 e. The number of carbonyl (C=O) groups is 1. The van der Waals surface area contributed by atoms with Crippen molar-refractivity contribution in [2.24, 2.45) is 0 Å². The van der Waals surface area contributed by atoms with Crippen LogP contribution < -0.4 is 0 Å². The first-order chi connectivity index (χ1) is 8.06. The van der Waals surface area contributed by atoms with Crippen molar-refractivity contribution >= 4 is 11.7 Å². The normalized spacial score (nSPS) is 11.6. The van der Waals surface area contributed by atoms with Gasteiger partial charge in [-0.2, -0.15) is 0 Å². The molecular formula is C12H13NO4. The van der Waals surface area contributed by atoms with Crippen molar-refractivity contribution in [2.75, 3.05) is 0 Å². The quantitative estimate of drug-likeness (QED) is 0.340. The van der Waals surface area contributed by atoms with Gasteiger partial charge in [-0.1, -0.05) is 18.2 Å². The van der Waals surface area contributed by atoms with Crippen LogP contribution in [0.3, 0.4) is 0 Å². The molecular weight excluding hydrogens is 222 g/mol. The largest absolute Gasteiger partial charge is 0.457 e. The first-order valence-electron chi connectivity index (χ1n) is 5.10. The Morgan fingerprint density at radius 2 is 2.24 bits per heavy atom. The minimum atomic E-state index is -0.649. The number of nitro groups is 1. The molecule has 0 aliphatic rings. The van der Waals surface area contributed by atoms with Crippen LogP contribution >= 0.6 is 0 Å². The molecule has 0 aliphatic heterocycles. The minimum Gasteiger partial charge on any atom is -0.457 e. The predicted molar refractivity (Wildman–Crippen MR) is 62.4 cm³/mol. The summed E-state index contributed by atoms with van der Waals surface area (Å²) < 4.78 is 5.05. The molecule has 0 bridgehead atoms. The van der Waals surface area contributed by atoms with Gasteiger partial charge in [0.15, 0.2) is 0 Å². The number of nitrogens with zero attached hydrogens (tertiary/aromatic N) is 1. The van der Waals surface area contributed by atoms with E-state index in [0.717, 1.165) is 0 Å². The van der Waals surface area contributed by atoms with Gasteiger partial charge in [0.2, 0.25) is 0 Å². The predicted octanol–water partition coefficient (Wildman–Crippen LogP) is 2.78. The van der Waals surface area contributed by atoms with Crippen molar-refractivity contribution in [1.29, 1.82) is 0 Å². The van der Waals surface area contributed by atoms with Crippen LogP contribution in [-0.4, -0.2) is 10.9 Å². The second-order valence-corrected chi connectivity index (χ2v) is 3.44. The van der Waals surface area contributed by atoms with Crippen molar-refractivity contribution in [1.82, 2.24) is 0 Å². The van der Waals surface area contributed by atoms with Gasteiger partial charge in [0, 0.05) is 6.07 Å². The second-order valence-electron chi connectivity index (χ2n) is 3.44. The standard InChI is InChI=1S/C12H13NO4/c1-3-6-12(14)17-9(2)10-7-4-5-8-11(10)13(15)16/h3-5,7-9H,1,6H2,2H3. The third-order valence-electron chi connectivity index (χ3n) is 2.19. The number of rotatable bonds is 5. The Kier molecular flexibility index (Phi) is 4.39. The fraction of sp³-hybridized carbons (Fsp3) is 0.250. The molecule has 0 saturated carbocycles. The van der Waals surface area contributed by atoms with E-state index >= 15 is 0 Å². The molecule has 1 rings (SSSR count). The summed E-state index contributed by atoms with van der Waals surface area (Å²) in [6.07, 6.45) is 0.864. The van der Waals surface area contributed by atoms with E-state index < -0.39 is 17.0 Å². The molecule has 1 atom stereocenters. The van der Waals surface area contributed by atoms with Gasteiger partial charge in [-0.25, -0.2) is 0 Å². The first kappa shape index (κ1) is 12.9. The number of hydrogen-bond donors (Lipinski definition) is 0. The van der Waals surface area contributed by atoms with Gasteiger partial charge < -0.3 is 4.74 Å². The highest BCUT2D eigenvalue weighted by molar-refractivity contribution is 5.71. The molecule has 0 aromatic heterocycles. The summed E-state index contributed by atoms with van der Waals surface area (Å²) in [4.78, 5) is 21.5. The van der Waals surface area contributed by atoms with Gasteiger partial charge in [0.1, 0.15) is 6.10 Å². The van der Waals surface area contributed by atoms with E-state index in [9.17, 15) is 14.9 Å². The Bertz CT molecular complexity index is 442. The molecule has 5 heteroatoms. The fourth-order valence-corrected chi connectivity index (χ4v) is 1.42. The molecule has 0 amide bonds. The molecule has 90 valence electrons. The summed E-state index contributed by atoms with van der Waals surface area (Å²) in [7, 11) is 0. The maximum atomic E-state index is 11.2. The Hall–Kier alpha value is -2.17. The zero-order valence-corrected chi connectivity index (χ0v) is 9.46. The summed E-state index contributed by atoms with van der Waals surface area (Å²) >= 11 is 0. The molecule has 0 radical (unpaired) electrons. The molecule has 0 fully saturated rings. The Labute approximate surface area is 98.9 Å². The van der Waals surface area contributed by atoms with Gasteiger partial charge in [-0.05, 0) is 13.0 Å². The lowest BCUT2D eigenvalue weighted by atomic mass is 10.1. The van der Waals surface area contributed by atoms with Gasteiger partial charge in [-0.3, -0.25) is 14.9 Å². The fourth-order valence-electron chi connectivity index (χ4n) is 1.42. The maximum Gasteiger partial charge on any atom is 0.310 e. The molecule has 17 heavy (non-hydrogen) atoms. The molecule has 0 heterocycles. The summed E-state index contributed by atoms with van der Waals surface area (Å²) in [6, 6.07) is 6.19. The zero-order valence-electron chi connectivity index (χ0n) is 9.46. The van der Waals surface area contributed by atoms with Crippen LogP contribution in [0.2, 0.25) is 0 Å². The van der Waals surface area contributed by atoms with Crippen LogP contribution in [0.15, 0.2) is 36.9 Å². The first-order valence-corrected chi connectivity index (χ1v) is 5.10. The minimum absolute atomic E-state index is 0.0496. The van der Waals surface area contributed by atoms with Gasteiger partial charge >= 0.3 is 5.97 Å². The highest BCUT2D eigenvalue weighted by Crippen LogP contribution is 2.27. The third kappa shape index (κ3) is 3.41. The maximum absolute atomic E-state index is 11.2. The number of benzene rings is 1. The number of ether oxygens (including phenoxy) is 1. The second kappa shape index (κ2) is 5.79. The van der Waals surface area contributed by atoms with Crippen LogP contribution in [0.1, 0.15) is 25.0 Å². The molecule has 0 aliphatic carbocycles. The summed E-state index contributed by atoms with van der Waals surface area (Å²) in [5.41, 5.74) is 0.335. The highest BCUT2D eigenvalue weighted by Gasteiger charge is 2.20. The average molecular weight is 235 g/mol. The molecule has 0 N–H and O–H groups in total. The lowest BCUT2D eigenvalue weighted by Gasteiger charge is -2.12. The van der Waals surface area contributed by atoms with E-state index in [2.05, 4.69) is 6.58 Å². The SMILES string of the molecule is C=CCC(=O)OC(C)c1ccccc1[N+](=O)[O-]. The molecule has 5 nitrogen and oxygen atoms in total.